The molecule has 0 unspecified atom stereocenters. The van der Waals surface area contributed by atoms with Crippen molar-refractivity contribution < 1.29 is 27.1 Å². The van der Waals surface area contributed by atoms with Gasteiger partial charge in [0.05, 0.1) is 16.8 Å². The van der Waals surface area contributed by atoms with E-state index in [0.29, 0.717) is 23.9 Å². The van der Waals surface area contributed by atoms with Crippen molar-refractivity contribution in [2.24, 2.45) is 0 Å². The highest BCUT2D eigenvalue weighted by Gasteiger charge is 2.32. The lowest BCUT2D eigenvalue weighted by molar-refractivity contribution is -0.137. The number of nitrogens with zero attached hydrogens (tertiary/aromatic N) is 1. The molecule has 0 amide bonds. The number of hydrogen-bond acceptors (Lipinski definition) is 5. The van der Waals surface area contributed by atoms with Gasteiger partial charge in [-0.15, -0.1) is 11.3 Å². The fraction of sp³-hybridized carbons (Fsp3) is 0.167. The first kappa shape index (κ1) is 15.2. The lowest BCUT2D eigenvalue weighted by Gasteiger charge is -2.09. The van der Waals surface area contributed by atoms with Gasteiger partial charge in [0, 0.05) is 5.38 Å². The van der Waals surface area contributed by atoms with Crippen LogP contribution in [0.25, 0.3) is 0 Å². The van der Waals surface area contributed by atoms with Crippen LogP contribution in [0.5, 0.6) is 0 Å². The van der Waals surface area contributed by atoms with E-state index < -0.39 is 29.1 Å². The molecule has 0 aliphatic rings. The first-order valence-electron chi connectivity index (χ1n) is 5.50. The summed E-state index contributed by atoms with van der Waals surface area (Å²) in [5, 5.41) is 1.81. The third-order valence-corrected chi connectivity index (χ3v) is 3.10. The van der Waals surface area contributed by atoms with E-state index in [-0.39, 0.29) is 11.7 Å². The molecule has 0 radical (unpaired) electrons. The number of nitrogens with two attached hydrogens (primary N) is 1. The largest absolute Gasteiger partial charge is 0.456 e. The average molecular weight is 320 g/mol. The molecule has 0 saturated heterocycles. The molecule has 4 nitrogen and oxygen atoms in total. The second kappa shape index (κ2) is 5.68. The number of anilines is 1. The summed E-state index contributed by atoms with van der Waals surface area (Å²) in [4.78, 5) is 15.5. The SMILES string of the molecule is Nc1nc(COC(=O)c2cc(F)cc(C(F)(F)F)c2)cs1. The van der Waals surface area contributed by atoms with E-state index in [1.807, 2.05) is 0 Å². The first-order valence-corrected chi connectivity index (χ1v) is 6.38. The molecule has 2 N–H and O–H groups in total. The van der Waals surface area contributed by atoms with E-state index in [9.17, 15) is 22.4 Å². The third kappa shape index (κ3) is 3.91. The summed E-state index contributed by atoms with van der Waals surface area (Å²) >= 11 is 1.13. The van der Waals surface area contributed by atoms with Crippen molar-refractivity contribution in [3.63, 3.8) is 0 Å². The summed E-state index contributed by atoms with van der Waals surface area (Å²) in [5.74, 6) is -2.25. The van der Waals surface area contributed by atoms with Crippen LogP contribution in [0.1, 0.15) is 21.6 Å². The molecular formula is C12H8F4N2O2S. The molecule has 0 fully saturated rings. The van der Waals surface area contributed by atoms with Gasteiger partial charge >= 0.3 is 12.1 Å². The van der Waals surface area contributed by atoms with Crippen LogP contribution >= 0.6 is 11.3 Å². The number of ether oxygens (including phenoxy) is 1. The van der Waals surface area contributed by atoms with E-state index in [1.165, 1.54) is 5.38 Å². The topological polar surface area (TPSA) is 65.2 Å². The van der Waals surface area contributed by atoms with Crippen LogP contribution in [0.4, 0.5) is 22.7 Å². The summed E-state index contributed by atoms with van der Waals surface area (Å²) in [6, 6.07) is 1.51. The Kier molecular flexibility index (Phi) is 4.12. The maximum Gasteiger partial charge on any atom is 0.416 e. The molecule has 0 aliphatic heterocycles. The predicted molar refractivity (Wildman–Crippen MR) is 67.0 cm³/mol. The smallest absolute Gasteiger partial charge is 0.416 e. The van der Waals surface area contributed by atoms with Gasteiger partial charge in [0.1, 0.15) is 12.4 Å². The van der Waals surface area contributed by atoms with E-state index >= 15 is 0 Å². The van der Waals surface area contributed by atoms with Crippen molar-refractivity contribution >= 4 is 22.4 Å². The minimum atomic E-state index is -4.75. The molecule has 1 heterocycles. The Bertz CT molecular complexity index is 670. The van der Waals surface area contributed by atoms with Crippen LogP contribution < -0.4 is 5.73 Å². The molecule has 2 rings (SSSR count). The number of nitrogen functional groups attached to an aromatic ring is 1. The number of carbonyl (C=O) groups is 1. The number of thiazole rings is 1. The third-order valence-electron chi connectivity index (χ3n) is 2.38. The van der Waals surface area contributed by atoms with E-state index in [2.05, 4.69) is 4.98 Å². The van der Waals surface area contributed by atoms with E-state index in [4.69, 9.17) is 10.5 Å². The van der Waals surface area contributed by atoms with Crippen LogP contribution in [0.2, 0.25) is 0 Å². The Morgan fingerprint density at radius 2 is 2.05 bits per heavy atom. The molecule has 1 aromatic carbocycles. The number of benzene rings is 1. The second-order valence-electron chi connectivity index (χ2n) is 3.98. The zero-order chi connectivity index (χ0) is 15.6. The Morgan fingerprint density at radius 1 is 1.33 bits per heavy atom. The predicted octanol–water partition coefficient (Wildman–Crippen LogP) is 3.24. The van der Waals surface area contributed by atoms with Crippen molar-refractivity contribution in [1.82, 2.24) is 4.98 Å². The van der Waals surface area contributed by atoms with Crippen LogP contribution in [-0.2, 0) is 17.5 Å². The standard InChI is InChI=1S/C12H8F4N2O2S/c13-8-2-6(1-7(3-8)12(14,15)16)10(19)20-4-9-5-21-11(17)18-9/h1-3,5H,4H2,(H2,17,18). The highest BCUT2D eigenvalue weighted by atomic mass is 32.1. The first-order chi connectivity index (χ1) is 9.75. The number of rotatable bonds is 3. The molecule has 1 aromatic heterocycles. The number of esters is 1. The van der Waals surface area contributed by atoms with Crippen LogP contribution in [0.3, 0.4) is 0 Å². The van der Waals surface area contributed by atoms with Crippen molar-refractivity contribution in [1.29, 1.82) is 0 Å². The minimum Gasteiger partial charge on any atom is -0.456 e. The molecule has 9 heteroatoms. The summed E-state index contributed by atoms with van der Waals surface area (Å²) in [5.41, 5.74) is 3.96. The highest BCUT2D eigenvalue weighted by molar-refractivity contribution is 7.13. The van der Waals surface area contributed by atoms with E-state index in [1.54, 1.807) is 0 Å². The van der Waals surface area contributed by atoms with Gasteiger partial charge in [-0.1, -0.05) is 0 Å². The Morgan fingerprint density at radius 3 is 2.62 bits per heavy atom. The minimum absolute atomic E-state index is 0.260. The van der Waals surface area contributed by atoms with E-state index in [0.717, 1.165) is 11.3 Å². The summed E-state index contributed by atoms with van der Waals surface area (Å²) < 4.78 is 55.5. The van der Waals surface area contributed by atoms with Crippen LogP contribution in [-0.4, -0.2) is 11.0 Å². The van der Waals surface area contributed by atoms with Crippen molar-refractivity contribution in [2.45, 2.75) is 12.8 Å². The zero-order valence-corrected chi connectivity index (χ0v) is 11.1. The molecule has 0 bridgehead atoms. The van der Waals surface area contributed by atoms with Gasteiger partial charge in [-0.2, -0.15) is 13.2 Å². The monoisotopic (exact) mass is 320 g/mol. The Balaban J connectivity index is 2.13. The maximum absolute atomic E-state index is 13.1. The van der Waals surface area contributed by atoms with Gasteiger partial charge in [-0.25, -0.2) is 14.2 Å². The Hall–Kier alpha value is -2.16. The van der Waals surface area contributed by atoms with Crippen molar-refractivity contribution in [3.05, 3.63) is 46.2 Å². The Labute approximate surface area is 120 Å². The summed E-state index contributed by atoms with van der Waals surface area (Å²) in [6.07, 6.45) is -4.75. The molecule has 0 spiro atoms. The van der Waals surface area contributed by atoms with Gasteiger partial charge < -0.3 is 10.5 Å². The number of hydrogen-bond donors (Lipinski definition) is 1. The number of aromatic nitrogens is 1. The van der Waals surface area contributed by atoms with Gasteiger partial charge in [0.15, 0.2) is 5.13 Å². The van der Waals surface area contributed by atoms with Gasteiger partial charge in [-0.05, 0) is 18.2 Å². The quantitative estimate of drug-likeness (QED) is 0.696. The zero-order valence-electron chi connectivity index (χ0n) is 10.3. The molecule has 112 valence electrons. The lowest BCUT2D eigenvalue weighted by Crippen LogP contribution is -2.11. The van der Waals surface area contributed by atoms with Gasteiger partial charge in [0.25, 0.3) is 0 Å². The molecule has 0 atom stereocenters. The van der Waals surface area contributed by atoms with Crippen LogP contribution in [0.15, 0.2) is 23.6 Å². The van der Waals surface area contributed by atoms with Gasteiger partial charge in [-0.3, -0.25) is 0 Å². The van der Waals surface area contributed by atoms with Crippen LogP contribution in [0, 0.1) is 5.82 Å². The second-order valence-corrected chi connectivity index (χ2v) is 4.87. The number of alkyl halides is 3. The van der Waals surface area contributed by atoms with Gasteiger partial charge in [0.2, 0.25) is 0 Å². The molecule has 0 saturated carbocycles. The molecule has 0 aliphatic carbocycles. The molecular weight excluding hydrogens is 312 g/mol. The maximum atomic E-state index is 13.1. The summed E-state index contributed by atoms with van der Waals surface area (Å²) in [6.45, 7) is -0.260. The molecule has 2 aromatic rings. The average Bonchev–Trinajstić information content (AvgIpc) is 2.80. The van der Waals surface area contributed by atoms with Crippen molar-refractivity contribution in [3.8, 4) is 0 Å². The fourth-order valence-electron chi connectivity index (χ4n) is 1.48. The number of halogens is 4. The van der Waals surface area contributed by atoms with Crippen molar-refractivity contribution in [2.75, 3.05) is 5.73 Å². The fourth-order valence-corrected chi connectivity index (χ4v) is 2.03. The lowest BCUT2D eigenvalue weighted by atomic mass is 10.1. The molecule has 21 heavy (non-hydrogen) atoms. The highest BCUT2D eigenvalue weighted by Crippen LogP contribution is 2.30. The summed E-state index contributed by atoms with van der Waals surface area (Å²) in [7, 11) is 0. The number of carbonyl (C=O) groups excluding carboxylic acids is 1. The normalized spacial score (nSPS) is 11.4.